The number of likely N-dealkylation sites (N-methyl/N-ethyl adjacent to an activating group) is 1. The number of hydrogen-bond acceptors (Lipinski definition) is 3. The Labute approximate surface area is 131 Å². The van der Waals surface area contributed by atoms with E-state index in [1.165, 1.54) is 5.56 Å². The first-order valence-corrected chi connectivity index (χ1v) is 7.42. The summed E-state index contributed by atoms with van der Waals surface area (Å²) in [5.74, 6) is 0.544. The molecule has 6 nitrogen and oxygen atoms in total. The molecule has 1 aromatic heterocycles. The largest absolute Gasteiger partial charge is 0.324 e. The van der Waals surface area contributed by atoms with Gasteiger partial charge < -0.3 is 10.2 Å². The Kier molecular flexibility index (Phi) is 5.55. The van der Waals surface area contributed by atoms with Crippen molar-refractivity contribution in [1.82, 2.24) is 14.7 Å². The van der Waals surface area contributed by atoms with Gasteiger partial charge in [-0.3, -0.25) is 10.00 Å². The van der Waals surface area contributed by atoms with Gasteiger partial charge in [0.15, 0.2) is 5.82 Å². The zero-order chi connectivity index (χ0) is 15.9. The fourth-order valence-corrected chi connectivity index (χ4v) is 2.00. The summed E-state index contributed by atoms with van der Waals surface area (Å²) in [5.41, 5.74) is 1.97. The SMILES string of the molecule is CCc1cccc(NC(=O)Nc2ccn(CCN(C)C)n2)c1. The number of amides is 2. The third kappa shape index (κ3) is 4.89. The summed E-state index contributed by atoms with van der Waals surface area (Å²) in [5, 5.41) is 9.87. The van der Waals surface area contributed by atoms with Gasteiger partial charge in [-0.05, 0) is 38.2 Å². The fourth-order valence-electron chi connectivity index (χ4n) is 2.00. The lowest BCUT2D eigenvalue weighted by atomic mass is 10.1. The molecule has 0 bridgehead atoms. The number of rotatable bonds is 6. The lowest BCUT2D eigenvalue weighted by Gasteiger charge is -2.09. The van der Waals surface area contributed by atoms with E-state index in [-0.39, 0.29) is 6.03 Å². The molecule has 0 spiro atoms. The first-order valence-electron chi connectivity index (χ1n) is 7.42. The molecule has 0 atom stereocenters. The Morgan fingerprint density at radius 1 is 1.27 bits per heavy atom. The number of hydrogen-bond donors (Lipinski definition) is 2. The van der Waals surface area contributed by atoms with E-state index in [1.54, 1.807) is 6.07 Å². The van der Waals surface area contributed by atoms with Crippen LogP contribution in [0, 0.1) is 0 Å². The van der Waals surface area contributed by atoms with Crippen molar-refractivity contribution in [2.24, 2.45) is 0 Å². The molecule has 22 heavy (non-hydrogen) atoms. The maximum atomic E-state index is 12.0. The molecule has 0 aliphatic carbocycles. The highest BCUT2D eigenvalue weighted by Gasteiger charge is 2.06. The molecule has 2 rings (SSSR count). The van der Waals surface area contributed by atoms with Crippen molar-refractivity contribution in [2.75, 3.05) is 31.3 Å². The van der Waals surface area contributed by atoms with E-state index in [0.29, 0.717) is 5.82 Å². The third-order valence-corrected chi connectivity index (χ3v) is 3.25. The highest BCUT2D eigenvalue weighted by molar-refractivity contribution is 5.99. The Hall–Kier alpha value is -2.34. The zero-order valence-corrected chi connectivity index (χ0v) is 13.3. The topological polar surface area (TPSA) is 62.2 Å². The van der Waals surface area contributed by atoms with Crippen LogP contribution in [-0.2, 0) is 13.0 Å². The first-order chi connectivity index (χ1) is 10.6. The van der Waals surface area contributed by atoms with Gasteiger partial charge in [0.2, 0.25) is 0 Å². The number of aryl methyl sites for hydroxylation is 1. The van der Waals surface area contributed by atoms with Gasteiger partial charge in [0, 0.05) is 24.5 Å². The number of nitrogens with zero attached hydrogens (tertiary/aromatic N) is 3. The summed E-state index contributed by atoms with van der Waals surface area (Å²) >= 11 is 0. The number of aromatic nitrogens is 2. The number of urea groups is 1. The molecule has 0 fully saturated rings. The smallest absolute Gasteiger partial charge is 0.308 e. The van der Waals surface area contributed by atoms with Crippen LogP contribution >= 0.6 is 0 Å². The lowest BCUT2D eigenvalue weighted by molar-refractivity contribution is 0.262. The Bertz CT molecular complexity index is 621. The van der Waals surface area contributed by atoms with E-state index in [0.717, 1.165) is 25.2 Å². The summed E-state index contributed by atoms with van der Waals surface area (Å²) in [7, 11) is 4.03. The van der Waals surface area contributed by atoms with Crippen LogP contribution in [0.25, 0.3) is 0 Å². The van der Waals surface area contributed by atoms with Crippen LogP contribution in [0.4, 0.5) is 16.3 Å². The summed E-state index contributed by atoms with van der Waals surface area (Å²) in [6.45, 7) is 3.77. The van der Waals surface area contributed by atoms with E-state index in [1.807, 2.05) is 49.2 Å². The van der Waals surface area contributed by atoms with Crippen molar-refractivity contribution in [1.29, 1.82) is 0 Å². The number of carbonyl (C=O) groups is 1. The number of benzene rings is 1. The van der Waals surface area contributed by atoms with Crippen molar-refractivity contribution in [3.63, 3.8) is 0 Å². The van der Waals surface area contributed by atoms with Crippen molar-refractivity contribution in [3.05, 3.63) is 42.1 Å². The Morgan fingerprint density at radius 3 is 2.82 bits per heavy atom. The van der Waals surface area contributed by atoms with Gasteiger partial charge in [-0.1, -0.05) is 19.1 Å². The molecule has 2 amide bonds. The third-order valence-electron chi connectivity index (χ3n) is 3.25. The molecule has 0 aliphatic heterocycles. The average molecular weight is 301 g/mol. The van der Waals surface area contributed by atoms with Crippen LogP contribution in [0.2, 0.25) is 0 Å². The number of carbonyl (C=O) groups excluding carboxylic acids is 1. The highest BCUT2D eigenvalue weighted by Crippen LogP contribution is 2.12. The molecule has 0 saturated carbocycles. The van der Waals surface area contributed by atoms with Crippen LogP contribution < -0.4 is 10.6 Å². The van der Waals surface area contributed by atoms with Crippen LogP contribution in [0.15, 0.2) is 36.5 Å². The van der Waals surface area contributed by atoms with E-state index in [2.05, 4.69) is 27.6 Å². The molecule has 2 aromatic rings. The van der Waals surface area contributed by atoms with Gasteiger partial charge in [0.1, 0.15) is 0 Å². The first kappa shape index (κ1) is 16.0. The second-order valence-corrected chi connectivity index (χ2v) is 5.40. The molecule has 0 aliphatic rings. The van der Waals surface area contributed by atoms with E-state index >= 15 is 0 Å². The van der Waals surface area contributed by atoms with Crippen LogP contribution in [0.5, 0.6) is 0 Å². The minimum Gasteiger partial charge on any atom is -0.308 e. The van der Waals surface area contributed by atoms with Crippen molar-refractivity contribution in [2.45, 2.75) is 19.9 Å². The lowest BCUT2D eigenvalue weighted by Crippen LogP contribution is -2.21. The molecular weight excluding hydrogens is 278 g/mol. The second-order valence-electron chi connectivity index (χ2n) is 5.40. The fraction of sp³-hybridized carbons (Fsp3) is 0.375. The predicted octanol–water partition coefficient (Wildman–Crippen LogP) is 2.65. The standard InChI is InChI=1S/C16H23N5O/c1-4-13-6-5-7-14(12-13)17-16(22)18-15-8-9-21(19-15)11-10-20(2)3/h5-9,12H,4,10-11H2,1-3H3,(H2,17,18,19,22). The minimum absolute atomic E-state index is 0.286. The highest BCUT2D eigenvalue weighted by atomic mass is 16.2. The Balaban J connectivity index is 1.88. The molecular formula is C16H23N5O. The summed E-state index contributed by atoms with van der Waals surface area (Å²) in [6, 6.07) is 9.31. The summed E-state index contributed by atoms with van der Waals surface area (Å²) < 4.78 is 1.81. The van der Waals surface area contributed by atoms with Gasteiger partial charge >= 0.3 is 6.03 Å². The van der Waals surface area contributed by atoms with Crippen LogP contribution in [0.3, 0.4) is 0 Å². The molecule has 6 heteroatoms. The molecule has 2 N–H and O–H groups in total. The van der Waals surface area contributed by atoms with Gasteiger partial charge in [-0.15, -0.1) is 0 Å². The molecule has 0 saturated heterocycles. The molecule has 0 radical (unpaired) electrons. The van der Waals surface area contributed by atoms with Crippen molar-refractivity contribution < 1.29 is 4.79 Å². The van der Waals surface area contributed by atoms with Crippen LogP contribution in [-0.4, -0.2) is 41.4 Å². The van der Waals surface area contributed by atoms with E-state index < -0.39 is 0 Å². The maximum absolute atomic E-state index is 12.0. The van der Waals surface area contributed by atoms with Gasteiger partial charge in [0.25, 0.3) is 0 Å². The molecule has 1 heterocycles. The minimum atomic E-state index is -0.286. The van der Waals surface area contributed by atoms with Gasteiger partial charge in [-0.2, -0.15) is 5.10 Å². The summed E-state index contributed by atoms with van der Waals surface area (Å²) in [6.07, 6.45) is 2.80. The van der Waals surface area contributed by atoms with E-state index in [9.17, 15) is 4.79 Å². The second kappa shape index (κ2) is 7.61. The zero-order valence-electron chi connectivity index (χ0n) is 13.3. The molecule has 1 aromatic carbocycles. The number of anilines is 2. The number of nitrogens with one attached hydrogen (secondary N) is 2. The average Bonchev–Trinajstić information content (AvgIpc) is 2.92. The quantitative estimate of drug-likeness (QED) is 0.862. The van der Waals surface area contributed by atoms with Crippen molar-refractivity contribution in [3.8, 4) is 0 Å². The monoisotopic (exact) mass is 301 g/mol. The van der Waals surface area contributed by atoms with Gasteiger partial charge in [-0.25, -0.2) is 4.79 Å². The molecule has 118 valence electrons. The van der Waals surface area contributed by atoms with Crippen molar-refractivity contribution >= 4 is 17.5 Å². The predicted molar refractivity (Wildman–Crippen MR) is 89.2 cm³/mol. The molecule has 0 unspecified atom stereocenters. The van der Waals surface area contributed by atoms with Crippen LogP contribution in [0.1, 0.15) is 12.5 Å². The summed E-state index contributed by atoms with van der Waals surface area (Å²) in [4.78, 5) is 14.1. The Morgan fingerprint density at radius 2 is 2.09 bits per heavy atom. The van der Waals surface area contributed by atoms with Gasteiger partial charge in [0.05, 0.1) is 6.54 Å². The maximum Gasteiger partial charge on any atom is 0.324 e. The normalized spacial score (nSPS) is 10.7. The van der Waals surface area contributed by atoms with E-state index in [4.69, 9.17) is 0 Å².